The Balaban J connectivity index is 1.55. The van der Waals surface area contributed by atoms with Crippen LogP contribution in [-0.2, 0) is 4.74 Å². The molecule has 0 radical (unpaired) electrons. The maximum absolute atomic E-state index is 5.53. The average Bonchev–Trinajstić information content (AvgIpc) is 3.23. The number of rotatable bonds is 7. The normalized spacial score (nSPS) is 27.7. The van der Waals surface area contributed by atoms with Gasteiger partial charge >= 0.3 is 0 Å². The molecule has 2 fully saturated rings. The Kier molecular flexibility index (Phi) is 4.91. The highest BCUT2D eigenvalue weighted by Crippen LogP contribution is 2.42. The summed E-state index contributed by atoms with van der Waals surface area (Å²) in [6.07, 6.45) is 8.37. The van der Waals surface area contributed by atoms with Crippen molar-refractivity contribution in [2.45, 2.75) is 69.9 Å². The maximum Gasteiger partial charge on any atom is 0.229 e. The van der Waals surface area contributed by atoms with E-state index < -0.39 is 0 Å². The molecule has 1 aromatic heterocycles. The first-order valence-corrected chi connectivity index (χ1v) is 8.41. The number of aromatic nitrogens is 2. The molecule has 2 aliphatic carbocycles. The highest BCUT2D eigenvalue weighted by Gasteiger charge is 2.36. The molecule has 2 saturated carbocycles. The molecule has 1 atom stereocenters. The van der Waals surface area contributed by atoms with Crippen molar-refractivity contribution in [2.75, 3.05) is 13.7 Å². The van der Waals surface area contributed by atoms with Crippen LogP contribution < -0.4 is 5.32 Å². The van der Waals surface area contributed by atoms with Gasteiger partial charge in [0.1, 0.15) is 6.10 Å². The molecule has 3 rings (SSSR count). The van der Waals surface area contributed by atoms with E-state index in [0.29, 0.717) is 17.9 Å². The lowest BCUT2D eigenvalue weighted by molar-refractivity contribution is 0.0751. The third-order valence-electron chi connectivity index (χ3n) is 4.78. The predicted octanol–water partition coefficient (Wildman–Crippen LogP) is 3.19. The molecule has 1 N–H and O–H groups in total. The van der Waals surface area contributed by atoms with Crippen LogP contribution in [-0.4, -0.2) is 29.8 Å². The number of methoxy groups -OCH3 is 1. The fourth-order valence-electron chi connectivity index (χ4n) is 3.33. The van der Waals surface area contributed by atoms with Gasteiger partial charge < -0.3 is 14.6 Å². The lowest BCUT2D eigenvalue weighted by Gasteiger charge is -2.27. The number of hydrogen-bond acceptors (Lipinski definition) is 5. The van der Waals surface area contributed by atoms with Crippen molar-refractivity contribution in [1.29, 1.82) is 0 Å². The van der Waals surface area contributed by atoms with Gasteiger partial charge in [-0.15, -0.1) is 0 Å². The van der Waals surface area contributed by atoms with E-state index in [1.165, 1.54) is 32.1 Å². The summed E-state index contributed by atoms with van der Waals surface area (Å²) in [7, 11) is 1.74. The fraction of sp³-hybridized carbons (Fsp3) is 0.875. The summed E-state index contributed by atoms with van der Waals surface area (Å²) in [5, 5.41) is 7.78. The molecule has 5 nitrogen and oxygen atoms in total. The van der Waals surface area contributed by atoms with Gasteiger partial charge in [0.2, 0.25) is 11.7 Å². The van der Waals surface area contributed by atoms with Gasteiger partial charge in [-0.05, 0) is 57.4 Å². The van der Waals surface area contributed by atoms with Crippen molar-refractivity contribution in [3.63, 3.8) is 0 Å². The molecule has 0 bridgehead atoms. The summed E-state index contributed by atoms with van der Waals surface area (Å²) < 4.78 is 11.0. The zero-order valence-corrected chi connectivity index (χ0v) is 13.2. The SMILES string of the molecule is CCCNC1CCC(c2nc(C(OC)C3CC3)no2)CC1. The van der Waals surface area contributed by atoms with Crippen LogP contribution in [0, 0.1) is 5.92 Å². The van der Waals surface area contributed by atoms with Crippen LogP contribution in [0.4, 0.5) is 0 Å². The minimum Gasteiger partial charge on any atom is -0.373 e. The summed E-state index contributed by atoms with van der Waals surface area (Å²) in [6.45, 7) is 3.33. The largest absolute Gasteiger partial charge is 0.373 e. The molecular formula is C16H27N3O2. The molecule has 2 aliphatic rings. The molecule has 5 heteroatoms. The first kappa shape index (κ1) is 15.0. The number of nitrogens with one attached hydrogen (secondary N) is 1. The second-order valence-corrected chi connectivity index (χ2v) is 6.49. The smallest absolute Gasteiger partial charge is 0.229 e. The Morgan fingerprint density at radius 2 is 2.00 bits per heavy atom. The Morgan fingerprint density at radius 1 is 1.24 bits per heavy atom. The summed E-state index contributed by atoms with van der Waals surface area (Å²) in [5.74, 6) is 2.60. The fourth-order valence-corrected chi connectivity index (χ4v) is 3.33. The zero-order chi connectivity index (χ0) is 14.7. The summed E-state index contributed by atoms with van der Waals surface area (Å²) in [4.78, 5) is 4.63. The Hall–Kier alpha value is -0.940. The van der Waals surface area contributed by atoms with Gasteiger partial charge in [-0.1, -0.05) is 12.1 Å². The highest BCUT2D eigenvalue weighted by molar-refractivity contribution is 5.02. The Morgan fingerprint density at radius 3 is 2.62 bits per heavy atom. The minimum atomic E-state index is 0.0325. The average molecular weight is 293 g/mol. The van der Waals surface area contributed by atoms with E-state index in [1.54, 1.807) is 7.11 Å². The van der Waals surface area contributed by atoms with Gasteiger partial charge in [-0.2, -0.15) is 4.98 Å². The molecule has 0 spiro atoms. The molecule has 0 aromatic carbocycles. The Bertz CT molecular complexity index is 436. The maximum atomic E-state index is 5.53. The van der Waals surface area contributed by atoms with Crippen LogP contribution in [0.15, 0.2) is 4.52 Å². The highest BCUT2D eigenvalue weighted by atomic mass is 16.5. The molecule has 118 valence electrons. The van der Waals surface area contributed by atoms with E-state index in [-0.39, 0.29) is 6.10 Å². The van der Waals surface area contributed by atoms with Crippen molar-refractivity contribution in [3.05, 3.63) is 11.7 Å². The molecule has 21 heavy (non-hydrogen) atoms. The van der Waals surface area contributed by atoms with E-state index in [0.717, 1.165) is 31.1 Å². The Labute approximate surface area is 126 Å². The van der Waals surface area contributed by atoms with Crippen molar-refractivity contribution in [1.82, 2.24) is 15.5 Å². The van der Waals surface area contributed by atoms with Gasteiger partial charge in [-0.25, -0.2) is 0 Å². The number of ether oxygens (including phenoxy) is 1. The third-order valence-corrected chi connectivity index (χ3v) is 4.78. The van der Waals surface area contributed by atoms with E-state index in [1.807, 2.05) is 0 Å². The van der Waals surface area contributed by atoms with Gasteiger partial charge in [-0.3, -0.25) is 0 Å². The van der Waals surface area contributed by atoms with Crippen LogP contribution in [0.3, 0.4) is 0 Å². The van der Waals surface area contributed by atoms with Crippen molar-refractivity contribution in [2.24, 2.45) is 5.92 Å². The van der Waals surface area contributed by atoms with E-state index in [2.05, 4.69) is 22.4 Å². The summed E-state index contributed by atoms with van der Waals surface area (Å²) in [6, 6.07) is 0.668. The van der Waals surface area contributed by atoms with Crippen LogP contribution in [0.5, 0.6) is 0 Å². The second kappa shape index (κ2) is 6.88. The van der Waals surface area contributed by atoms with Gasteiger partial charge in [0.15, 0.2) is 0 Å². The molecule has 1 heterocycles. The number of nitrogens with zero attached hydrogens (tertiary/aromatic N) is 2. The molecule has 1 unspecified atom stereocenters. The minimum absolute atomic E-state index is 0.0325. The first-order valence-electron chi connectivity index (χ1n) is 8.41. The zero-order valence-electron chi connectivity index (χ0n) is 13.2. The topological polar surface area (TPSA) is 60.2 Å². The molecule has 0 saturated heterocycles. The standard InChI is InChI=1S/C16H27N3O2/c1-3-10-17-13-8-6-12(7-9-13)16-18-15(19-21-16)14(20-2)11-4-5-11/h11-14,17H,3-10H2,1-2H3. The van der Waals surface area contributed by atoms with Crippen LogP contribution in [0.2, 0.25) is 0 Å². The monoisotopic (exact) mass is 293 g/mol. The first-order chi connectivity index (χ1) is 10.3. The summed E-state index contributed by atoms with van der Waals surface area (Å²) >= 11 is 0. The molecule has 0 aliphatic heterocycles. The lowest BCUT2D eigenvalue weighted by Crippen LogP contribution is -2.33. The van der Waals surface area contributed by atoms with E-state index in [9.17, 15) is 0 Å². The van der Waals surface area contributed by atoms with Crippen molar-refractivity contribution >= 4 is 0 Å². The lowest BCUT2D eigenvalue weighted by atomic mass is 9.86. The molecular weight excluding hydrogens is 266 g/mol. The van der Waals surface area contributed by atoms with Crippen molar-refractivity contribution < 1.29 is 9.26 Å². The predicted molar refractivity (Wildman–Crippen MR) is 80.1 cm³/mol. The van der Waals surface area contributed by atoms with Gasteiger partial charge in [0.25, 0.3) is 0 Å². The van der Waals surface area contributed by atoms with Gasteiger partial charge in [0.05, 0.1) is 0 Å². The second-order valence-electron chi connectivity index (χ2n) is 6.49. The van der Waals surface area contributed by atoms with Gasteiger partial charge in [0, 0.05) is 19.1 Å². The quantitative estimate of drug-likeness (QED) is 0.836. The third kappa shape index (κ3) is 3.64. The molecule has 1 aromatic rings. The van der Waals surface area contributed by atoms with Crippen molar-refractivity contribution in [3.8, 4) is 0 Å². The van der Waals surface area contributed by atoms with Crippen LogP contribution in [0.25, 0.3) is 0 Å². The number of hydrogen-bond donors (Lipinski definition) is 1. The molecule has 0 amide bonds. The van der Waals surface area contributed by atoms with Crippen LogP contribution in [0.1, 0.15) is 75.6 Å². The van der Waals surface area contributed by atoms with E-state index >= 15 is 0 Å². The van der Waals surface area contributed by atoms with E-state index in [4.69, 9.17) is 9.26 Å². The summed E-state index contributed by atoms with van der Waals surface area (Å²) in [5.41, 5.74) is 0. The van der Waals surface area contributed by atoms with Crippen LogP contribution >= 0.6 is 0 Å².